The van der Waals surface area contributed by atoms with Gasteiger partial charge in [-0.1, -0.05) is 66.0 Å². The number of aromatic nitrogens is 4. The van der Waals surface area contributed by atoms with Crippen molar-refractivity contribution < 1.29 is 14.3 Å². The molecule has 12 heteroatoms. The molecule has 2 aromatic heterocycles. The number of halogens is 2. The van der Waals surface area contributed by atoms with Gasteiger partial charge >= 0.3 is 0 Å². The van der Waals surface area contributed by atoms with Crippen LogP contribution in [0.25, 0.3) is 33.6 Å². The van der Waals surface area contributed by atoms with Gasteiger partial charge in [0.2, 0.25) is 17.7 Å². The van der Waals surface area contributed by atoms with Gasteiger partial charge in [0.1, 0.15) is 11.4 Å². The van der Waals surface area contributed by atoms with Crippen LogP contribution in [0.15, 0.2) is 48.8 Å². The SMILES string of the molecule is COc1nc(-c2cccc(-c3cccc(-c4cnc(CNCC5CCC(=O)N5)c(OC)n4)c3Cl)c2Cl)cnc1CNCC1CCC1. The van der Waals surface area contributed by atoms with E-state index in [-0.39, 0.29) is 11.9 Å². The molecule has 0 bridgehead atoms. The number of benzene rings is 2. The van der Waals surface area contributed by atoms with E-state index in [0.717, 1.165) is 41.3 Å². The summed E-state index contributed by atoms with van der Waals surface area (Å²) in [6.45, 7) is 2.66. The average molecular weight is 663 g/mol. The van der Waals surface area contributed by atoms with E-state index in [1.165, 1.54) is 19.3 Å². The number of hydrogen-bond acceptors (Lipinski definition) is 9. The number of rotatable bonds is 13. The Kier molecular flexibility index (Phi) is 10.3. The number of carbonyl (C=O) groups excluding carboxylic acids is 1. The van der Waals surface area contributed by atoms with Crippen molar-refractivity contribution in [3.8, 4) is 45.4 Å². The molecule has 10 nitrogen and oxygen atoms in total. The lowest BCUT2D eigenvalue weighted by molar-refractivity contribution is -0.119. The molecule has 2 fully saturated rings. The van der Waals surface area contributed by atoms with Gasteiger partial charge in [-0.2, -0.15) is 0 Å². The molecule has 1 saturated heterocycles. The number of nitrogens with one attached hydrogen (secondary N) is 3. The Morgan fingerprint density at radius 1 is 0.783 bits per heavy atom. The largest absolute Gasteiger partial charge is 0.480 e. The number of hydrogen-bond donors (Lipinski definition) is 3. The van der Waals surface area contributed by atoms with Gasteiger partial charge < -0.3 is 25.4 Å². The normalized spacial score (nSPS) is 16.3. The van der Waals surface area contributed by atoms with Gasteiger partial charge in [-0.3, -0.25) is 14.8 Å². The minimum absolute atomic E-state index is 0.0888. The third-order valence-electron chi connectivity index (χ3n) is 8.57. The summed E-state index contributed by atoms with van der Waals surface area (Å²) in [6, 6.07) is 11.6. The lowest BCUT2D eigenvalue weighted by Gasteiger charge is -2.25. The second-order valence-corrected chi connectivity index (χ2v) is 12.4. The van der Waals surface area contributed by atoms with Crippen LogP contribution in [0.2, 0.25) is 10.0 Å². The van der Waals surface area contributed by atoms with E-state index in [4.69, 9.17) is 42.6 Å². The first kappa shape index (κ1) is 32.1. The quantitative estimate of drug-likeness (QED) is 0.162. The van der Waals surface area contributed by atoms with Gasteiger partial charge in [0.15, 0.2) is 0 Å². The molecule has 3 N–H and O–H groups in total. The zero-order chi connectivity index (χ0) is 32.0. The van der Waals surface area contributed by atoms with Crippen LogP contribution in [0, 0.1) is 5.92 Å². The van der Waals surface area contributed by atoms with E-state index < -0.39 is 0 Å². The fourth-order valence-electron chi connectivity index (χ4n) is 5.79. The van der Waals surface area contributed by atoms with E-state index in [1.807, 2.05) is 36.4 Å². The summed E-state index contributed by atoms with van der Waals surface area (Å²) in [5.74, 6) is 1.71. The third kappa shape index (κ3) is 7.10. The maximum atomic E-state index is 11.5. The molecule has 2 aromatic carbocycles. The number of methoxy groups -OCH3 is 2. The third-order valence-corrected chi connectivity index (χ3v) is 9.38. The Balaban J connectivity index is 1.22. The highest BCUT2D eigenvalue weighted by Crippen LogP contribution is 2.42. The first-order valence-electron chi connectivity index (χ1n) is 15.5. The van der Waals surface area contributed by atoms with Crippen molar-refractivity contribution >= 4 is 29.1 Å². The Morgan fingerprint density at radius 3 is 1.76 bits per heavy atom. The molecular weight excluding hydrogens is 625 g/mol. The van der Waals surface area contributed by atoms with Crippen LogP contribution in [0.4, 0.5) is 0 Å². The van der Waals surface area contributed by atoms with Crippen molar-refractivity contribution in [3.05, 3.63) is 70.2 Å². The van der Waals surface area contributed by atoms with Crippen molar-refractivity contribution in [3.63, 3.8) is 0 Å². The molecule has 6 rings (SSSR count). The van der Waals surface area contributed by atoms with Crippen molar-refractivity contribution in [2.75, 3.05) is 27.3 Å². The van der Waals surface area contributed by atoms with E-state index >= 15 is 0 Å². The Labute approximate surface area is 278 Å². The smallest absolute Gasteiger partial charge is 0.237 e. The highest BCUT2D eigenvalue weighted by Gasteiger charge is 2.22. The van der Waals surface area contributed by atoms with Gasteiger partial charge in [0.05, 0.1) is 48.0 Å². The molecule has 1 aliphatic heterocycles. The summed E-state index contributed by atoms with van der Waals surface area (Å²) < 4.78 is 11.2. The van der Waals surface area contributed by atoms with Crippen LogP contribution in [-0.4, -0.2) is 59.2 Å². The number of nitrogens with zero attached hydrogens (tertiary/aromatic N) is 4. The summed E-state index contributed by atoms with van der Waals surface area (Å²) in [5, 5.41) is 10.7. The first-order chi connectivity index (χ1) is 22.4. The second kappa shape index (κ2) is 14.7. The van der Waals surface area contributed by atoms with Gasteiger partial charge in [0.25, 0.3) is 0 Å². The summed E-state index contributed by atoms with van der Waals surface area (Å²) >= 11 is 14.1. The summed E-state index contributed by atoms with van der Waals surface area (Å²) in [5.41, 5.74) is 5.50. The Bertz CT molecular complexity index is 1720. The van der Waals surface area contributed by atoms with E-state index in [0.29, 0.717) is 70.5 Å². The lowest BCUT2D eigenvalue weighted by atomic mass is 9.85. The number of ether oxygens (including phenoxy) is 2. The van der Waals surface area contributed by atoms with E-state index in [1.54, 1.807) is 26.6 Å². The zero-order valence-electron chi connectivity index (χ0n) is 25.9. The van der Waals surface area contributed by atoms with Crippen molar-refractivity contribution in [1.82, 2.24) is 35.9 Å². The molecule has 2 aliphatic rings. The lowest BCUT2D eigenvalue weighted by Crippen LogP contribution is -2.35. The van der Waals surface area contributed by atoms with E-state index in [9.17, 15) is 4.79 Å². The minimum atomic E-state index is 0.0888. The van der Waals surface area contributed by atoms with E-state index in [2.05, 4.69) is 25.9 Å². The first-order valence-corrected chi connectivity index (χ1v) is 16.3. The molecule has 1 saturated carbocycles. The number of amides is 1. The predicted molar refractivity (Wildman–Crippen MR) is 179 cm³/mol. The van der Waals surface area contributed by atoms with Crippen LogP contribution >= 0.6 is 23.2 Å². The Morgan fingerprint density at radius 2 is 1.30 bits per heavy atom. The average Bonchev–Trinajstić information content (AvgIpc) is 3.47. The molecular formula is C34H37Cl2N7O3. The van der Waals surface area contributed by atoms with Gasteiger partial charge in [0, 0.05) is 54.4 Å². The van der Waals surface area contributed by atoms with Gasteiger partial charge in [-0.25, -0.2) is 9.97 Å². The van der Waals surface area contributed by atoms with Crippen LogP contribution in [0.1, 0.15) is 43.5 Å². The molecule has 1 unspecified atom stereocenters. The molecule has 1 atom stereocenters. The van der Waals surface area contributed by atoms with Gasteiger partial charge in [-0.05, 0) is 31.7 Å². The number of carbonyl (C=O) groups is 1. The van der Waals surface area contributed by atoms with Crippen LogP contribution in [0.5, 0.6) is 11.8 Å². The van der Waals surface area contributed by atoms with Crippen molar-refractivity contribution in [1.29, 1.82) is 0 Å². The van der Waals surface area contributed by atoms with Crippen molar-refractivity contribution in [2.24, 2.45) is 5.92 Å². The monoisotopic (exact) mass is 661 g/mol. The molecule has 1 amide bonds. The standard InChI is InChI=1S/C34H37Cl2N7O3/c1-45-33-28(16-37-14-20-6-3-7-20)39-18-26(42-33)24-10-4-8-22(31(24)35)23-9-5-11-25(32(23)36)27-19-40-29(34(43-27)46-2)17-38-15-21-12-13-30(44)41-21/h4-5,8-11,18-21,37-38H,3,6-7,12-17H2,1-2H3,(H,41,44). The van der Waals surface area contributed by atoms with Crippen LogP contribution in [-0.2, 0) is 17.9 Å². The topological polar surface area (TPSA) is 123 Å². The minimum Gasteiger partial charge on any atom is -0.480 e. The molecule has 3 heterocycles. The highest BCUT2D eigenvalue weighted by molar-refractivity contribution is 6.39. The van der Waals surface area contributed by atoms with Crippen LogP contribution in [0.3, 0.4) is 0 Å². The fraction of sp³-hybridized carbons (Fsp3) is 0.382. The predicted octanol–water partition coefficient (Wildman–Crippen LogP) is 5.85. The van der Waals surface area contributed by atoms with Gasteiger partial charge in [-0.15, -0.1) is 0 Å². The molecule has 240 valence electrons. The molecule has 0 spiro atoms. The molecule has 46 heavy (non-hydrogen) atoms. The zero-order valence-corrected chi connectivity index (χ0v) is 27.4. The second-order valence-electron chi connectivity index (χ2n) is 11.6. The Hall–Kier alpha value is -3.83. The maximum Gasteiger partial charge on any atom is 0.237 e. The molecule has 4 aromatic rings. The maximum absolute atomic E-state index is 11.5. The van der Waals surface area contributed by atoms with Crippen molar-refractivity contribution in [2.45, 2.75) is 51.2 Å². The molecule has 0 radical (unpaired) electrons. The highest BCUT2D eigenvalue weighted by atomic mass is 35.5. The summed E-state index contributed by atoms with van der Waals surface area (Å²) in [7, 11) is 3.17. The summed E-state index contributed by atoms with van der Waals surface area (Å²) in [4.78, 5) is 30.2. The molecule has 1 aliphatic carbocycles. The summed E-state index contributed by atoms with van der Waals surface area (Å²) in [6.07, 6.45) is 8.68. The van der Waals surface area contributed by atoms with Crippen LogP contribution < -0.4 is 25.4 Å². The fourth-order valence-corrected chi connectivity index (χ4v) is 6.43.